The van der Waals surface area contributed by atoms with E-state index in [-0.39, 0.29) is 59.3 Å². The van der Waals surface area contributed by atoms with Crippen molar-refractivity contribution in [1.29, 1.82) is 0 Å². The van der Waals surface area contributed by atoms with Gasteiger partial charge in [-0.05, 0) is 67.1 Å². The molecule has 2 aliphatic rings. The van der Waals surface area contributed by atoms with Crippen molar-refractivity contribution >= 4 is 24.7 Å². The smallest absolute Gasteiger partial charge is 0.308 e. The van der Waals surface area contributed by atoms with Gasteiger partial charge in [0.1, 0.15) is 6.10 Å². The Morgan fingerprint density at radius 2 is 1.55 bits per heavy atom. The highest BCUT2D eigenvalue weighted by molar-refractivity contribution is 6.99. The van der Waals surface area contributed by atoms with E-state index in [9.17, 15) is 9.90 Å². The Morgan fingerprint density at radius 3 is 2.10 bits per heavy atom. The predicted octanol–water partition coefficient (Wildman–Crippen LogP) is 9.04. The molecule has 282 valence electrons. The van der Waals surface area contributed by atoms with Gasteiger partial charge >= 0.3 is 5.97 Å². The first-order valence-electron chi connectivity index (χ1n) is 19.3. The van der Waals surface area contributed by atoms with Crippen LogP contribution in [-0.2, 0) is 23.4 Å². The number of aliphatic hydroxyl groups excluding tert-OH is 1. The monoisotopic (exact) mass is 718 g/mol. The summed E-state index contributed by atoms with van der Waals surface area (Å²) in [6.07, 6.45) is 8.62. The van der Waals surface area contributed by atoms with Crippen LogP contribution in [0.15, 0.2) is 84.0 Å². The van der Waals surface area contributed by atoms with Gasteiger partial charge in [0.25, 0.3) is 8.32 Å². The molecule has 2 fully saturated rings. The number of rotatable bonds is 14. The number of hydrogen-bond acceptors (Lipinski definition) is 6. The van der Waals surface area contributed by atoms with E-state index in [1.165, 1.54) is 10.4 Å². The first-order chi connectivity index (χ1) is 23.9. The second-order valence-electron chi connectivity index (χ2n) is 17.2. The number of benzene rings is 2. The van der Waals surface area contributed by atoms with Crippen molar-refractivity contribution in [2.24, 2.45) is 11.3 Å². The van der Waals surface area contributed by atoms with Gasteiger partial charge in [-0.2, -0.15) is 0 Å². The Hall–Kier alpha value is -2.55. The number of ether oxygens (including phenoxy) is 3. The van der Waals surface area contributed by atoms with Crippen LogP contribution in [0.25, 0.3) is 0 Å². The molecule has 0 saturated carbocycles. The molecule has 6 atom stereocenters. The fraction of sp³-hybridized carbons (Fsp3) is 0.614. The molecule has 0 amide bonds. The van der Waals surface area contributed by atoms with E-state index in [2.05, 4.69) is 123 Å². The fourth-order valence-corrected chi connectivity index (χ4v) is 13.1. The van der Waals surface area contributed by atoms with Crippen LogP contribution in [0.2, 0.25) is 5.04 Å². The number of carbonyl (C=O) groups is 1. The van der Waals surface area contributed by atoms with Crippen LogP contribution in [0.5, 0.6) is 0 Å². The van der Waals surface area contributed by atoms with Crippen molar-refractivity contribution in [1.82, 2.24) is 0 Å². The van der Waals surface area contributed by atoms with E-state index in [0.29, 0.717) is 12.8 Å². The highest BCUT2D eigenvalue weighted by Crippen LogP contribution is 2.46. The van der Waals surface area contributed by atoms with Crippen LogP contribution < -0.4 is 10.4 Å². The maximum Gasteiger partial charge on any atom is 0.308 e. The van der Waals surface area contributed by atoms with Gasteiger partial charge in [-0.15, -0.1) is 0 Å². The van der Waals surface area contributed by atoms with Gasteiger partial charge in [0.15, 0.2) is 5.79 Å². The average molecular weight is 719 g/mol. The molecule has 0 aliphatic carbocycles. The standard InChI is InChI=1S/C44H66O6Si/c1-12-13-16-21-34(45)27-26-31(2)40-43(8,9)41(49-44(10,11)48-40)33(4)28-32(3)38-29-35(30-39(46)47-38)50-51(42(5,6)7,36-22-17-14-18-23-36)37-24-19-15-20-25-37/h14-15,17-20,22-26,28,33-35,38,40-41,45H,12-13,16,21,27,29-30H2,1-11H3/b31-26+,32-28+/t33-,34+,35-,38-,40+,41-/m0/s1. The molecule has 0 bridgehead atoms. The predicted molar refractivity (Wildman–Crippen MR) is 211 cm³/mol. The molecule has 1 N–H and O–H groups in total. The average Bonchev–Trinajstić information content (AvgIpc) is 3.07. The summed E-state index contributed by atoms with van der Waals surface area (Å²) in [6, 6.07) is 21.2. The van der Waals surface area contributed by atoms with Crippen LogP contribution >= 0.6 is 0 Å². The minimum absolute atomic E-state index is 0.00906. The molecular weight excluding hydrogens is 653 g/mol. The number of aliphatic hydroxyl groups is 1. The van der Waals surface area contributed by atoms with Gasteiger partial charge in [0.05, 0.1) is 30.8 Å². The molecule has 0 aromatic heterocycles. The van der Waals surface area contributed by atoms with Crippen molar-refractivity contribution in [3.63, 3.8) is 0 Å². The minimum Gasteiger partial charge on any atom is -0.458 e. The molecule has 0 radical (unpaired) electrons. The fourth-order valence-electron chi connectivity index (χ4n) is 8.39. The topological polar surface area (TPSA) is 74.2 Å². The van der Waals surface area contributed by atoms with Gasteiger partial charge < -0.3 is 23.7 Å². The molecule has 0 spiro atoms. The van der Waals surface area contributed by atoms with Crippen LogP contribution in [-0.4, -0.2) is 55.7 Å². The zero-order chi connectivity index (χ0) is 37.6. The molecule has 2 saturated heterocycles. The normalized spacial score (nSPS) is 25.6. The molecular formula is C44H66O6Si. The minimum atomic E-state index is -2.85. The van der Waals surface area contributed by atoms with Crippen LogP contribution in [0, 0.1) is 11.3 Å². The Bertz CT molecular complexity index is 1430. The van der Waals surface area contributed by atoms with Crippen molar-refractivity contribution in [2.75, 3.05) is 0 Å². The lowest BCUT2D eigenvalue weighted by molar-refractivity contribution is -0.339. The molecule has 2 aromatic carbocycles. The largest absolute Gasteiger partial charge is 0.458 e. The zero-order valence-electron chi connectivity index (χ0n) is 33.3. The van der Waals surface area contributed by atoms with E-state index < -0.39 is 14.1 Å². The zero-order valence-corrected chi connectivity index (χ0v) is 34.3. The Morgan fingerprint density at radius 1 is 0.961 bits per heavy atom. The summed E-state index contributed by atoms with van der Waals surface area (Å²) in [7, 11) is -2.85. The lowest BCUT2D eigenvalue weighted by Crippen LogP contribution is -2.68. The summed E-state index contributed by atoms with van der Waals surface area (Å²) in [5.74, 6) is -1.01. The number of esters is 1. The molecule has 4 rings (SSSR count). The summed E-state index contributed by atoms with van der Waals surface area (Å²) < 4.78 is 26.7. The first kappa shape index (κ1) is 41.2. The lowest BCUT2D eigenvalue weighted by atomic mass is 9.71. The summed E-state index contributed by atoms with van der Waals surface area (Å²) in [6.45, 7) is 23.7. The first-order valence-corrected chi connectivity index (χ1v) is 21.2. The third-order valence-corrected chi connectivity index (χ3v) is 16.0. The molecule has 2 heterocycles. The Balaban J connectivity index is 1.58. The number of hydrogen-bond donors (Lipinski definition) is 1. The second kappa shape index (κ2) is 17.1. The molecule has 2 aromatic rings. The third kappa shape index (κ3) is 9.91. The van der Waals surface area contributed by atoms with E-state index in [0.717, 1.165) is 36.8 Å². The molecule has 2 aliphatic heterocycles. The molecule has 7 heteroatoms. The molecule has 0 unspecified atom stereocenters. The van der Waals surface area contributed by atoms with E-state index in [1.807, 2.05) is 26.0 Å². The lowest BCUT2D eigenvalue weighted by Gasteiger charge is -2.53. The summed E-state index contributed by atoms with van der Waals surface area (Å²) in [4.78, 5) is 13.3. The van der Waals surface area contributed by atoms with E-state index >= 15 is 0 Å². The highest BCUT2D eigenvalue weighted by atomic mass is 28.4. The second-order valence-corrected chi connectivity index (χ2v) is 21.4. The number of carbonyl (C=O) groups excluding carboxylic acids is 1. The molecule has 6 nitrogen and oxygen atoms in total. The van der Waals surface area contributed by atoms with Crippen LogP contribution in [0.1, 0.15) is 121 Å². The van der Waals surface area contributed by atoms with E-state index in [1.54, 1.807) is 0 Å². The van der Waals surface area contributed by atoms with Crippen molar-refractivity contribution in [3.05, 3.63) is 84.0 Å². The van der Waals surface area contributed by atoms with Crippen LogP contribution in [0.3, 0.4) is 0 Å². The van der Waals surface area contributed by atoms with Gasteiger partial charge in [-0.1, -0.05) is 141 Å². The molecule has 51 heavy (non-hydrogen) atoms. The Kier molecular flexibility index (Phi) is 13.8. The van der Waals surface area contributed by atoms with Gasteiger partial charge in [-0.25, -0.2) is 0 Å². The SMILES string of the molecule is CCCCC[C@@H](O)C/C=C(\C)[C@H]1OC(C)(C)O[C@@H]([C@@H](C)/C=C(\C)[C@@H]2C[C@H](O[Si](c3ccccc3)(c3ccccc3)C(C)(C)C)CC(=O)O2)C1(C)C. The summed E-state index contributed by atoms with van der Waals surface area (Å²) in [5, 5.41) is 12.8. The van der Waals surface area contributed by atoms with Crippen molar-refractivity contribution in [2.45, 2.75) is 162 Å². The number of cyclic esters (lactones) is 1. The highest BCUT2D eigenvalue weighted by Gasteiger charge is 2.53. The quantitative estimate of drug-likeness (QED) is 0.0910. The number of unbranched alkanes of at least 4 members (excludes halogenated alkanes) is 2. The third-order valence-electron chi connectivity index (χ3n) is 10.9. The Labute approximate surface area is 310 Å². The summed E-state index contributed by atoms with van der Waals surface area (Å²) in [5.41, 5.74) is 1.76. The van der Waals surface area contributed by atoms with E-state index in [4.69, 9.17) is 18.6 Å². The van der Waals surface area contributed by atoms with Gasteiger partial charge in [0, 0.05) is 17.8 Å². The van der Waals surface area contributed by atoms with Crippen LogP contribution in [0.4, 0.5) is 0 Å². The van der Waals surface area contributed by atoms with Gasteiger partial charge in [0.2, 0.25) is 0 Å². The maximum absolute atomic E-state index is 13.3. The van der Waals surface area contributed by atoms with Crippen molar-refractivity contribution < 1.29 is 28.5 Å². The van der Waals surface area contributed by atoms with Crippen molar-refractivity contribution in [3.8, 4) is 0 Å². The summed E-state index contributed by atoms with van der Waals surface area (Å²) >= 11 is 0. The maximum atomic E-state index is 13.3. The van der Waals surface area contributed by atoms with Gasteiger partial charge in [-0.3, -0.25) is 4.79 Å².